The molecule has 0 N–H and O–H groups in total. The molecular formula is C43H27N3O2. The molecule has 10 rings (SSSR count). The molecule has 1 aliphatic carbocycles. The molecule has 226 valence electrons. The zero-order chi connectivity index (χ0) is 31.6. The van der Waals surface area contributed by atoms with Gasteiger partial charge in [-0.05, 0) is 65.6 Å². The lowest BCUT2D eigenvalue weighted by Gasteiger charge is -2.19. The standard InChI is InChI=1S/C43H27N3O2/c1-2-11-27(12-3-1)31-21-22-34(39-33-15-7-9-17-37(33)48-40(31)39)43-45-41(29-19-18-26-10-4-5-13-28(26)24-29)44-42(46-43)30-20-23-38-35(25-30)32-14-6-8-16-36(32)47-38/h1-23,25,29H,24H2. The maximum absolute atomic E-state index is 6.59. The average molecular weight is 618 g/mol. The van der Waals surface area contributed by atoms with Crippen LogP contribution in [0.15, 0.2) is 148 Å². The number of nitrogens with zero attached hydrogens (tertiary/aromatic N) is 3. The minimum Gasteiger partial charge on any atom is -0.456 e. The summed E-state index contributed by atoms with van der Waals surface area (Å²) >= 11 is 0. The monoisotopic (exact) mass is 617 g/mol. The summed E-state index contributed by atoms with van der Waals surface area (Å²) in [4.78, 5) is 15.6. The Morgan fingerprint density at radius 2 is 1.23 bits per heavy atom. The van der Waals surface area contributed by atoms with Gasteiger partial charge in [-0.2, -0.15) is 0 Å². The van der Waals surface area contributed by atoms with Crippen LogP contribution in [0.4, 0.5) is 0 Å². The third-order valence-corrected chi connectivity index (χ3v) is 9.47. The molecule has 9 aromatic rings. The highest BCUT2D eigenvalue weighted by Gasteiger charge is 2.24. The number of benzene rings is 6. The van der Waals surface area contributed by atoms with Gasteiger partial charge in [-0.15, -0.1) is 0 Å². The van der Waals surface area contributed by atoms with Gasteiger partial charge in [0.15, 0.2) is 11.6 Å². The van der Waals surface area contributed by atoms with E-state index in [0.717, 1.165) is 78.4 Å². The van der Waals surface area contributed by atoms with Gasteiger partial charge < -0.3 is 8.83 Å². The van der Waals surface area contributed by atoms with E-state index in [0.29, 0.717) is 11.6 Å². The van der Waals surface area contributed by atoms with E-state index in [4.69, 9.17) is 23.8 Å². The predicted molar refractivity (Wildman–Crippen MR) is 193 cm³/mol. The second-order valence-electron chi connectivity index (χ2n) is 12.3. The lowest BCUT2D eigenvalue weighted by Crippen LogP contribution is -2.12. The number of aromatic nitrogens is 3. The van der Waals surface area contributed by atoms with Crippen LogP contribution >= 0.6 is 0 Å². The largest absolute Gasteiger partial charge is 0.456 e. The minimum absolute atomic E-state index is 0.000867. The van der Waals surface area contributed by atoms with Crippen molar-refractivity contribution < 1.29 is 8.83 Å². The molecular weight excluding hydrogens is 590 g/mol. The first-order valence-electron chi connectivity index (χ1n) is 16.2. The molecule has 6 aromatic carbocycles. The number of furan rings is 2. The number of para-hydroxylation sites is 2. The average Bonchev–Trinajstić information content (AvgIpc) is 3.73. The van der Waals surface area contributed by atoms with E-state index in [-0.39, 0.29) is 5.92 Å². The molecule has 0 bridgehead atoms. The molecule has 1 unspecified atom stereocenters. The summed E-state index contributed by atoms with van der Waals surface area (Å²) in [6.07, 6.45) is 5.23. The van der Waals surface area contributed by atoms with E-state index in [9.17, 15) is 0 Å². The van der Waals surface area contributed by atoms with Crippen LogP contribution in [0.5, 0.6) is 0 Å². The Labute approximate surface area is 275 Å². The first kappa shape index (κ1) is 26.8. The third kappa shape index (κ3) is 4.28. The highest BCUT2D eigenvalue weighted by Crippen LogP contribution is 2.42. The van der Waals surface area contributed by atoms with Gasteiger partial charge in [0.2, 0.25) is 0 Å². The molecule has 0 spiro atoms. The minimum atomic E-state index is -0.000867. The van der Waals surface area contributed by atoms with Crippen molar-refractivity contribution in [3.63, 3.8) is 0 Å². The van der Waals surface area contributed by atoms with Crippen LogP contribution < -0.4 is 0 Å². The van der Waals surface area contributed by atoms with Crippen molar-refractivity contribution in [1.29, 1.82) is 0 Å². The zero-order valence-electron chi connectivity index (χ0n) is 25.8. The van der Waals surface area contributed by atoms with Gasteiger partial charge in [-0.3, -0.25) is 0 Å². The number of hydrogen-bond donors (Lipinski definition) is 0. The molecule has 48 heavy (non-hydrogen) atoms. The van der Waals surface area contributed by atoms with E-state index >= 15 is 0 Å². The Hall–Kier alpha value is -6.33. The van der Waals surface area contributed by atoms with E-state index < -0.39 is 0 Å². The van der Waals surface area contributed by atoms with Crippen LogP contribution in [0, 0.1) is 0 Å². The quantitative estimate of drug-likeness (QED) is 0.197. The lowest BCUT2D eigenvalue weighted by molar-refractivity contribution is 0.669. The highest BCUT2D eigenvalue weighted by molar-refractivity contribution is 6.15. The summed E-state index contributed by atoms with van der Waals surface area (Å²) in [7, 11) is 0. The van der Waals surface area contributed by atoms with Crippen LogP contribution in [0.25, 0.3) is 83.9 Å². The molecule has 0 radical (unpaired) electrons. The Balaban J connectivity index is 1.22. The van der Waals surface area contributed by atoms with Crippen LogP contribution in [0.1, 0.15) is 22.9 Å². The second kappa shape index (κ2) is 10.6. The van der Waals surface area contributed by atoms with Crippen LogP contribution in [0.2, 0.25) is 0 Å². The van der Waals surface area contributed by atoms with E-state index in [1.807, 2.05) is 48.5 Å². The first-order valence-corrected chi connectivity index (χ1v) is 16.2. The zero-order valence-corrected chi connectivity index (χ0v) is 25.8. The van der Waals surface area contributed by atoms with Crippen molar-refractivity contribution in [3.05, 3.63) is 156 Å². The summed E-state index contributed by atoms with van der Waals surface area (Å²) in [5.74, 6) is 1.99. The van der Waals surface area contributed by atoms with Gasteiger partial charge in [-0.1, -0.05) is 103 Å². The van der Waals surface area contributed by atoms with E-state index in [1.165, 1.54) is 11.1 Å². The van der Waals surface area contributed by atoms with Crippen molar-refractivity contribution in [3.8, 4) is 33.9 Å². The molecule has 0 fully saturated rings. The van der Waals surface area contributed by atoms with Crippen molar-refractivity contribution in [2.45, 2.75) is 12.3 Å². The summed E-state index contributed by atoms with van der Waals surface area (Å²) in [6.45, 7) is 0. The normalized spacial score (nSPS) is 14.3. The predicted octanol–water partition coefficient (Wildman–Crippen LogP) is 11.0. The Morgan fingerprint density at radius 1 is 0.521 bits per heavy atom. The fourth-order valence-electron chi connectivity index (χ4n) is 7.12. The van der Waals surface area contributed by atoms with Crippen molar-refractivity contribution >= 4 is 50.0 Å². The van der Waals surface area contributed by atoms with E-state index in [2.05, 4.69) is 97.1 Å². The van der Waals surface area contributed by atoms with Crippen molar-refractivity contribution in [2.75, 3.05) is 0 Å². The van der Waals surface area contributed by atoms with Gasteiger partial charge in [0.1, 0.15) is 28.2 Å². The summed E-state index contributed by atoms with van der Waals surface area (Å²) < 4.78 is 12.7. The third-order valence-electron chi connectivity index (χ3n) is 9.47. The van der Waals surface area contributed by atoms with Crippen molar-refractivity contribution in [2.24, 2.45) is 0 Å². The first-order chi connectivity index (χ1) is 23.8. The smallest absolute Gasteiger partial charge is 0.164 e. The Morgan fingerprint density at radius 3 is 2.12 bits per heavy atom. The number of rotatable bonds is 4. The number of allylic oxidation sites excluding steroid dienone is 1. The fraction of sp³-hybridized carbons (Fsp3) is 0.0465. The summed E-state index contributed by atoms with van der Waals surface area (Å²) in [6, 6.07) is 45.7. The SMILES string of the molecule is C1=CC(c2nc(-c3ccc4oc5ccccc5c4c3)nc(-c3ccc(-c4ccccc4)c4oc5ccccc5c34)n2)Cc2ccccc21. The number of hydrogen-bond acceptors (Lipinski definition) is 5. The van der Waals surface area contributed by atoms with Gasteiger partial charge in [0.05, 0.1) is 0 Å². The molecule has 1 aliphatic rings. The van der Waals surface area contributed by atoms with Crippen LogP contribution in [-0.2, 0) is 6.42 Å². The second-order valence-corrected chi connectivity index (χ2v) is 12.3. The number of fused-ring (bicyclic) bond motifs is 7. The van der Waals surface area contributed by atoms with Gasteiger partial charge in [0, 0.05) is 44.2 Å². The molecule has 0 aliphatic heterocycles. The molecule has 0 saturated carbocycles. The topological polar surface area (TPSA) is 65.0 Å². The summed E-state index contributed by atoms with van der Waals surface area (Å²) in [5, 5.41) is 4.13. The molecule has 5 nitrogen and oxygen atoms in total. The van der Waals surface area contributed by atoms with Gasteiger partial charge in [-0.25, -0.2) is 15.0 Å². The van der Waals surface area contributed by atoms with Crippen LogP contribution in [-0.4, -0.2) is 15.0 Å². The van der Waals surface area contributed by atoms with Gasteiger partial charge >= 0.3 is 0 Å². The molecule has 0 amide bonds. The molecule has 5 heteroatoms. The lowest BCUT2D eigenvalue weighted by atomic mass is 9.89. The Bertz CT molecular complexity index is 2720. The molecule has 3 aromatic heterocycles. The van der Waals surface area contributed by atoms with Crippen LogP contribution in [0.3, 0.4) is 0 Å². The summed E-state index contributed by atoms with van der Waals surface area (Å²) in [5.41, 5.74) is 9.82. The van der Waals surface area contributed by atoms with Crippen molar-refractivity contribution in [1.82, 2.24) is 15.0 Å². The van der Waals surface area contributed by atoms with E-state index in [1.54, 1.807) is 0 Å². The Kier molecular flexibility index (Phi) is 5.93. The maximum Gasteiger partial charge on any atom is 0.164 e. The molecule has 0 saturated heterocycles. The fourth-order valence-corrected chi connectivity index (χ4v) is 7.12. The molecule has 3 heterocycles. The highest BCUT2D eigenvalue weighted by atomic mass is 16.3. The molecule has 1 atom stereocenters. The maximum atomic E-state index is 6.59. The van der Waals surface area contributed by atoms with Gasteiger partial charge in [0.25, 0.3) is 0 Å².